The van der Waals surface area contributed by atoms with Gasteiger partial charge in [0, 0.05) is 6.04 Å². The standard InChI is InChI=1S/C8H13IN2S/c1-2-3-7(11-10)6-4-8(9)12-5-6/h4-5,7,11H,2-3,10H2,1H3. The molecule has 0 saturated carbocycles. The molecule has 0 amide bonds. The fraction of sp³-hybridized carbons (Fsp3) is 0.500. The van der Waals surface area contributed by atoms with Gasteiger partial charge in [-0.3, -0.25) is 11.3 Å². The normalized spacial score (nSPS) is 13.2. The SMILES string of the molecule is CCCC(NN)c1csc(I)c1. The first-order valence-electron chi connectivity index (χ1n) is 3.98. The first kappa shape index (κ1) is 10.4. The average Bonchev–Trinajstić information content (AvgIpc) is 2.47. The lowest BCUT2D eigenvalue weighted by atomic mass is 10.1. The van der Waals surface area contributed by atoms with Gasteiger partial charge in [-0.1, -0.05) is 13.3 Å². The molecule has 1 atom stereocenters. The van der Waals surface area contributed by atoms with Crippen LogP contribution in [0.3, 0.4) is 0 Å². The highest BCUT2D eigenvalue weighted by Crippen LogP contribution is 2.24. The Morgan fingerprint density at radius 1 is 1.75 bits per heavy atom. The lowest BCUT2D eigenvalue weighted by Gasteiger charge is -2.12. The Morgan fingerprint density at radius 3 is 2.92 bits per heavy atom. The third-order valence-electron chi connectivity index (χ3n) is 1.77. The van der Waals surface area contributed by atoms with Crippen LogP contribution in [0.15, 0.2) is 11.4 Å². The highest BCUT2D eigenvalue weighted by molar-refractivity contribution is 14.1. The van der Waals surface area contributed by atoms with E-state index in [1.54, 1.807) is 11.3 Å². The monoisotopic (exact) mass is 296 g/mol. The smallest absolute Gasteiger partial charge is 0.0656 e. The molecule has 1 rings (SSSR count). The quantitative estimate of drug-likeness (QED) is 0.509. The summed E-state index contributed by atoms with van der Waals surface area (Å²) in [4.78, 5) is 0. The van der Waals surface area contributed by atoms with Crippen molar-refractivity contribution in [1.29, 1.82) is 0 Å². The summed E-state index contributed by atoms with van der Waals surface area (Å²) in [6.45, 7) is 2.17. The van der Waals surface area contributed by atoms with E-state index in [2.05, 4.69) is 46.4 Å². The average molecular weight is 296 g/mol. The minimum absolute atomic E-state index is 0.328. The highest BCUT2D eigenvalue weighted by atomic mass is 127. The number of hydrogen-bond donors (Lipinski definition) is 2. The van der Waals surface area contributed by atoms with Crippen molar-refractivity contribution < 1.29 is 0 Å². The van der Waals surface area contributed by atoms with E-state index in [1.807, 2.05) is 0 Å². The Hall–Kier alpha value is 0.350. The molecule has 0 aliphatic carbocycles. The molecule has 0 bridgehead atoms. The van der Waals surface area contributed by atoms with Gasteiger partial charge in [-0.05, 0) is 46.0 Å². The topological polar surface area (TPSA) is 38.0 Å². The van der Waals surface area contributed by atoms with Gasteiger partial charge in [0.2, 0.25) is 0 Å². The number of hydrazine groups is 1. The van der Waals surface area contributed by atoms with E-state index in [1.165, 1.54) is 8.45 Å². The summed E-state index contributed by atoms with van der Waals surface area (Å²) in [5.74, 6) is 5.45. The summed E-state index contributed by atoms with van der Waals surface area (Å²) in [7, 11) is 0. The number of thiophene rings is 1. The fourth-order valence-electron chi connectivity index (χ4n) is 1.14. The Labute approximate surface area is 90.7 Å². The van der Waals surface area contributed by atoms with Crippen LogP contribution >= 0.6 is 33.9 Å². The van der Waals surface area contributed by atoms with Gasteiger partial charge < -0.3 is 0 Å². The molecule has 4 heteroatoms. The predicted molar refractivity (Wildman–Crippen MR) is 62.0 cm³/mol. The van der Waals surface area contributed by atoms with Crippen LogP contribution in [0.25, 0.3) is 0 Å². The third-order valence-corrected chi connectivity index (χ3v) is 3.58. The number of hydrogen-bond acceptors (Lipinski definition) is 3. The van der Waals surface area contributed by atoms with Crippen LogP contribution in [-0.4, -0.2) is 0 Å². The number of halogens is 1. The molecule has 1 aromatic heterocycles. The van der Waals surface area contributed by atoms with Crippen molar-refractivity contribution in [3.05, 3.63) is 19.9 Å². The maximum Gasteiger partial charge on any atom is 0.0656 e. The third kappa shape index (κ3) is 2.69. The van der Waals surface area contributed by atoms with Crippen molar-refractivity contribution in [2.75, 3.05) is 0 Å². The molecule has 0 aromatic carbocycles. The molecule has 0 aliphatic heterocycles. The Balaban J connectivity index is 2.66. The second-order valence-corrected chi connectivity index (χ2v) is 5.50. The first-order valence-corrected chi connectivity index (χ1v) is 5.93. The molecule has 68 valence electrons. The molecule has 0 aliphatic rings. The summed E-state index contributed by atoms with van der Waals surface area (Å²) in [5.41, 5.74) is 4.15. The molecular formula is C8H13IN2S. The van der Waals surface area contributed by atoms with Crippen LogP contribution in [0, 0.1) is 2.88 Å². The predicted octanol–water partition coefficient (Wildman–Crippen LogP) is 2.66. The highest BCUT2D eigenvalue weighted by Gasteiger charge is 2.09. The minimum atomic E-state index is 0.328. The van der Waals surface area contributed by atoms with Gasteiger partial charge in [-0.15, -0.1) is 11.3 Å². The van der Waals surface area contributed by atoms with Gasteiger partial charge >= 0.3 is 0 Å². The van der Waals surface area contributed by atoms with E-state index in [9.17, 15) is 0 Å². The molecule has 0 spiro atoms. The lowest BCUT2D eigenvalue weighted by molar-refractivity contribution is 0.511. The van der Waals surface area contributed by atoms with Crippen LogP contribution < -0.4 is 11.3 Å². The second kappa shape index (κ2) is 5.16. The first-order chi connectivity index (χ1) is 5.77. The van der Waals surface area contributed by atoms with Crippen LogP contribution in [0.1, 0.15) is 31.4 Å². The van der Waals surface area contributed by atoms with Gasteiger partial charge in [0.05, 0.1) is 2.88 Å². The Morgan fingerprint density at radius 2 is 2.50 bits per heavy atom. The number of rotatable bonds is 4. The van der Waals surface area contributed by atoms with Gasteiger partial charge in [0.25, 0.3) is 0 Å². The summed E-state index contributed by atoms with van der Waals surface area (Å²) in [5, 5.41) is 2.17. The van der Waals surface area contributed by atoms with Gasteiger partial charge in [-0.2, -0.15) is 0 Å². The fourth-order valence-corrected chi connectivity index (χ4v) is 2.57. The van der Waals surface area contributed by atoms with Crippen molar-refractivity contribution in [3.8, 4) is 0 Å². The van der Waals surface area contributed by atoms with Gasteiger partial charge in [0.1, 0.15) is 0 Å². The zero-order chi connectivity index (χ0) is 8.97. The van der Waals surface area contributed by atoms with Crippen molar-refractivity contribution in [2.24, 2.45) is 5.84 Å². The van der Waals surface area contributed by atoms with Crippen molar-refractivity contribution in [3.63, 3.8) is 0 Å². The van der Waals surface area contributed by atoms with Gasteiger partial charge in [0.15, 0.2) is 0 Å². The molecule has 12 heavy (non-hydrogen) atoms. The van der Waals surface area contributed by atoms with Crippen LogP contribution in [0.4, 0.5) is 0 Å². The molecule has 1 unspecified atom stereocenters. The van der Waals surface area contributed by atoms with Gasteiger partial charge in [-0.25, -0.2) is 0 Å². The summed E-state index contributed by atoms with van der Waals surface area (Å²) in [6, 6.07) is 2.51. The van der Waals surface area contributed by atoms with Crippen LogP contribution in [0.2, 0.25) is 0 Å². The van der Waals surface area contributed by atoms with E-state index in [4.69, 9.17) is 5.84 Å². The summed E-state index contributed by atoms with van der Waals surface area (Å²) in [6.07, 6.45) is 2.25. The molecule has 1 heterocycles. The second-order valence-electron chi connectivity index (χ2n) is 2.69. The van der Waals surface area contributed by atoms with Crippen molar-refractivity contribution in [2.45, 2.75) is 25.8 Å². The van der Waals surface area contributed by atoms with Crippen molar-refractivity contribution >= 4 is 33.9 Å². The van der Waals surface area contributed by atoms with E-state index in [0.29, 0.717) is 6.04 Å². The largest absolute Gasteiger partial charge is 0.271 e. The van der Waals surface area contributed by atoms with E-state index < -0.39 is 0 Å². The molecular weight excluding hydrogens is 283 g/mol. The molecule has 0 fully saturated rings. The van der Waals surface area contributed by atoms with E-state index in [-0.39, 0.29) is 0 Å². The van der Waals surface area contributed by atoms with Crippen LogP contribution in [-0.2, 0) is 0 Å². The molecule has 3 N–H and O–H groups in total. The lowest BCUT2D eigenvalue weighted by Crippen LogP contribution is -2.27. The Bertz CT molecular complexity index is 237. The zero-order valence-electron chi connectivity index (χ0n) is 7.01. The minimum Gasteiger partial charge on any atom is -0.271 e. The molecule has 0 saturated heterocycles. The number of nitrogens with one attached hydrogen (secondary N) is 1. The van der Waals surface area contributed by atoms with Crippen LogP contribution in [0.5, 0.6) is 0 Å². The molecule has 1 aromatic rings. The Kier molecular flexibility index (Phi) is 4.49. The maximum absolute atomic E-state index is 5.45. The van der Waals surface area contributed by atoms with Crippen molar-refractivity contribution in [1.82, 2.24) is 5.43 Å². The van der Waals surface area contributed by atoms with E-state index >= 15 is 0 Å². The summed E-state index contributed by atoms with van der Waals surface area (Å²) < 4.78 is 1.32. The number of nitrogens with two attached hydrogens (primary N) is 1. The van der Waals surface area contributed by atoms with E-state index in [0.717, 1.165) is 12.8 Å². The summed E-state index contributed by atoms with van der Waals surface area (Å²) >= 11 is 4.09. The maximum atomic E-state index is 5.45. The zero-order valence-corrected chi connectivity index (χ0v) is 9.98. The molecule has 0 radical (unpaired) electrons. The molecule has 2 nitrogen and oxygen atoms in total.